The van der Waals surface area contributed by atoms with Crippen LogP contribution in [0, 0.1) is 0 Å². The monoisotopic (exact) mass is 428 g/mol. The van der Waals surface area contributed by atoms with Gasteiger partial charge in [0.1, 0.15) is 0 Å². The number of rotatable bonds is 6. The van der Waals surface area contributed by atoms with E-state index in [1.807, 2.05) is 36.4 Å². The van der Waals surface area contributed by atoms with E-state index in [1.165, 1.54) is 11.0 Å². The summed E-state index contributed by atoms with van der Waals surface area (Å²) in [5.74, 6) is -0.946. The molecule has 5 nitrogen and oxygen atoms in total. The van der Waals surface area contributed by atoms with Crippen LogP contribution in [0.1, 0.15) is 11.3 Å². The van der Waals surface area contributed by atoms with Gasteiger partial charge in [-0.05, 0) is 35.9 Å². The van der Waals surface area contributed by atoms with Gasteiger partial charge in [0.05, 0.1) is 21.3 Å². The third kappa shape index (κ3) is 5.79. The standard InChI is InChI=1S/C22H18Cl2N2O3/c1-26(13-15-6-10-18(23)19(24)12-15)21(27)14-29-22(28)11-9-17-8-7-16-4-2-3-5-20(16)25-17/h2-12H,13-14H2,1H3/b11-9+. The fraction of sp³-hybridized carbons (Fsp3) is 0.136. The van der Waals surface area contributed by atoms with Crippen LogP contribution < -0.4 is 0 Å². The fourth-order valence-electron chi connectivity index (χ4n) is 2.62. The molecule has 3 aromatic rings. The van der Waals surface area contributed by atoms with Crippen molar-refractivity contribution < 1.29 is 14.3 Å². The van der Waals surface area contributed by atoms with E-state index < -0.39 is 5.97 Å². The molecule has 0 saturated carbocycles. The number of carbonyl (C=O) groups is 2. The van der Waals surface area contributed by atoms with Gasteiger partial charge in [-0.3, -0.25) is 4.79 Å². The Hall–Kier alpha value is -2.89. The molecule has 1 amide bonds. The molecular formula is C22H18Cl2N2O3. The quantitative estimate of drug-likeness (QED) is 0.419. The molecule has 7 heteroatoms. The fourth-order valence-corrected chi connectivity index (χ4v) is 2.94. The highest BCUT2D eigenvalue weighted by molar-refractivity contribution is 6.42. The van der Waals surface area contributed by atoms with Gasteiger partial charge in [-0.2, -0.15) is 0 Å². The maximum absolute atomic E-state index is 12.2. The first-order valence-corrected chi connectivity index (χ1v) is 9.56. The number of pyridine rings is 1. The molecule has 2 aromatic carbocycles. The lowest BCUT2D eigenvalue weighted by atomic mass is 10.2. The second-order valence-electron chi connectivity index (χ2n) is 6.37. The predicted octanol–water partition coefficient (Wildman–Crippen LogP) is 4.76. The van der Waals surface area contributed by atoms with Gasteiger partial charge in [0.15, 0.2) is 6.61 Å². The van der Waals surface area contributed by atoms with E-state index in [1.54, 1.807) is 31.3 Å². The van der Waals surface area contributed by atoms with E-state index in [0.717, 1.165) is 16.5 Å². The van der Waals surface area contributed by atoms with E-state index in [4.69, 9.17) is 27.9 Å². The molecule has 0 N–H and O–H groups in total. The summed E-state index contributed by atoms with van der Waals surface area (Å²) in [5.41, 5.74) is 2.29. The molecule has 0 radical (unpaired) electrons. The van der Waals surface area contributed by atoms with E-state index in [9.17, 15) is 9.59 Å². The van der Waals surface area contributed by atoms with Gasteiger partial charge < -0.3 is 9.64 Å². The highest BCUT2D eigenvalue weighted by Crippen LogP contribution is 2.23. The maximum Gasteiger partial charge on any atom is 0.331 e. The Morgan fingerprint density at radius 2 is 1.86 bits per heavy atom. The number of para-hydroxylation sites is 1. The Balaban J connectivity index is 1.51. The van der Waals surface area contributed by atoms with E-state index in [2.05, 4.69) is 4.98 Å². The highest BCUT2D eigenvalue weighted by Gasteiger charge is 2.12. The van der Waals surface area contributed by atoms with E-state index in [0.29, 0.717) is 22.3 Å². The minimum atomic E-state index is -0.615. The number of hydrogen-bond acceptors (Lipinski definition) is 4. The number of esters is 1. The van der Waals surface area contributed by atoms with Gasteiger partial charge in [0.25, 0.3) is 5.91 Å². The summed E-state index contributed by atoms with van der Waals surface area (Å²) in [5, 5.41) is 1.89. The number of amides is 1. The Morgan fingerprint density at radius 1 is 1.07 bits per heavy atom. The molecule has 3 rings (SSSR count). The zero-order chi connectivity index (χ0) is 20.8. The summed E-state index contributed by atoms with van der Waals surface area (Å²) in [6, 6.07) is 16.6. The summed E-state index contributed by atoms with van der Waals surface area (Å²) in [6.45, 7) is -0.0315. The lowest BCUT2D eigenvalue weighted by Crippen LogP contribution is -2.30. The molecule has 0 saturated heterocycles. The van der Waals surface area contributed by atoms with Crippen LogP contribution in [0.15, 0.2) is 60.7 Å². The molecule has 0 fully saturated rings. The predicted molar refractivity (Wildman–Crippen MR) is 115 cm³/mol. The number of fused-ring (bicyclic) bond motifs is 1. The molecule has 29 heavy (non-hydrogen) atoms. The molecule has 0 atom stereocenters. The largest absolute Gasteiger partial charge is 0.452 e. The number of ether oxygens (including phenoxy) is 1. The van der Waals surface area contributed by atoms with Crippen molar-refractivity contribution in [2.24, 2.45) is 0 Å². The van der Waals surface area contributed by atoms with Gasteiger partial charge in [0.2, 0.25) is 0 Å². The molecule has 1 aromatic heterocycles. The smallest absolute Gasteiger partial charge is 0.331 e. The molecule has 0 unspecified atom stereocenters. The lowest BCUT2D eigenvalue weighted by molar-refractivity contribution is -0.147. The zero-order valence-electron chi connectivity index (χ0n) is 15.6. The van der Waals surface area contributed by atoms with Gasteiger partial charge >= 0.3 is 5.97 Å². The summed E-state index contributed by atoms with van der Waals surface area (Å²) >= 11 is 11.9. The van der Waals surface area contributed by atoms with Crippen molar-refractivity contribution in [3.05, 3.63) is 82.0 Å². The summed E-state index contributed by atoms with van der Waals surface area (Å²) < 4.78 is 5.02. The Kier molecular flexibility index (Phi) is 6.86. The van der Waals surface area contributed by atoms with Gasteiger partial charge in [-0.1, -0.05) is 53.5 Å². The second kappa shape index (κ2) is 9.54. The van der Waals surface area contributed by atoms with Crippen molar-refractivity contribution in [1.82, 2.24) is 9.88 Å². The second-order valence-corrected chi connectivity index (χ2v) is 7.18. The summed E-state index contributed by atoms with van der Waals surface area (Å²) in [7, 11) is 1.62. The van der Waals surface area contributed by atoms with Gasteiger partial charge in [0, 0.05) is 25.1 Å². The van der Waals surface area contributed by atoms with Gasteiger partial charge in [-0.15, -0.1) is 0 Å². The summed E-state index contributed by atoms with van der Waals surface area (Å²) in [6.07, 6.45) is 2.81. The number of hydrogen-bond donors (Lipinski definition) is 0. The number of likely N-dealkylation sites (N-methyl/N-ethyl adjacent to an activating group) is 1. The van der Waals surface area contributed by atoms with Gasteiger partial charge in [-0.25, -0.2) is 9.78 Å². The van der Waals surface area contributed by atoms with Crippen LogP contribution in [0.3, 0.4) is 0 Å². The Bertz CT molecular complexity index is 1080. The molecule has 0 aliphatic heterocycles. The van der Waals surface area contributed by atoms with Crippen LogP contribution in [0.4, 0.5) is 0 Å². The van der Waals surface area contributed by atoms with E-state index in [-0.39, 0.29) is 12.5 Å². The number of nitrogens with zero attached hydrogens (tertiary/aromatic N) is 2. The lowest BCUT2D eigenvalue weighted by Gasteiger charge is -2.17. The van der Waals surface area contributed by atoms with Crippen molar-refractivity contribution in [3.8, 4) is 0 Å². The molecule has 148 valence electrons. The molecule has 0 aliphatic carbocycles. The van der Waals surface area contributed by atoms with Crippen LogP contribution >= 0.6 is 23.2 Å². The Labute approximate surface area is 178 Å². The number of halogens is 2. The van der Waals surface area contributed by atoms with E-state index >= 15 is 0 Å². The topological polar surface area (TPSA) is 59.5 Å². The molecule has 0 spiro atoms. The average Bonchev–Trinajstić information content (AvgIpc) is 2.72. The number of carbonyl (C=O) groups excluding carboxylic acids is 2. The van der Waals surface area contributed by atoms with Crippen LogP contribution in [0.5, 0.6) is 0 Å². The third-order valence-electron chi connectivity index (χ3n) is 4.18. The molecule has 0 bridgehead atoms. The Morgan fingerprint density at radius 3 is 2.66 bits per heavy atom. The minimum absolute atomic E-state index is 0.324. The number of aromatic nitrogens is 1. The van der Waals surface area contributed by atoms with Crippen molar-refractivity contribution in [2.75, 3.05) is 13.7 Å². The maximum atomic E-state index is 12.2. The molecular weight excluding hydrogens is 411 g/mol. The van der Waals surface area contributed by atoms with Crippen molar-refractivity contribution in [2.45, 2.75) is 6.54 Å². The van der Waals surface area contributed by atoms with Crippen molar-refractivity contribution in [3.63, 3.8) is 0 Å². The van der Waals surface area contributed by atoms with Crippen LogP contribution in [-0.2, 0) is 20.9 Å². The van der Waals surface area contributed by atoms with Crippen LogP contribution in [0.25, 0.3) is 17.0 Å². The van der Waals surface area contributed by atoms with Crippen LogP contribution in [0.2, 0.25) is 10.0 Å². The average molecular weight is 429 g/mol. The molecule has 1 heterocycles. The third-order valence-corrected chi connectivity index (χ3v) is 4.92. The minimum Gasteiger partial charge on any atom is -0.452 e. The normalized spacial score (nSPS) is 11.0. The van der Waals surface area contributed by atoms with Crippen molar-refractivity contribution in [1.29, 1.82) is 0 Å². The molecule has 0 aliphatic rings. The van der Waals surface area contributed by atoms with Crippen LogP contribution in [-0.4, -0.2) is 35.4 Å². The first-order chi connectivity index (χ1) is 13.9. The number of benzene rings is 2. The first-order valence-electron chi connectivity index (χ1n) is 8.81. The zero-order valence-corrected chi connectivity index (χ0v) is 17.2. The van der Waals surface area contributed by atoms with Crippen molar-refractivity contribution >= 4 is 52.1 Å². The SMILES string of the molecule is CN(Cc1ccc(Cl)c(Cl)c1)C(=O)COC(=O)/C=C/c1ccc2ccccc2n1. The summed E-state index contributed by atoms with van der Waals surface area (Å²) in [4.78, 5) is 30.0. The highest BCUT2D eigenvalue weighted by atomic mass is 35.5. The first kappa shape index (κ1) is 20.8.